The number of rotatable bonds is 3. The highest BCUT2D eigenvalue weighted by Gasteiger charge is 2.08. The fourth-order valence-corrected chi connectivity index (χ4v) is 3.03. The second-order valence-corrected chi connectivity index (χ2v) is 5.26. The van der Waals surface area contributed by atoms with Crippen molar-refractivity contribution in [3.8, 4) is 6.19 Å². The first kappa shape index (κ1) is 12.5. The maximum Gasteiger partial charge on any atom is 0.212 e. The monoisotopic (exact) mass is 258 g/mol. The standard InChI is InChI=1S/C14H11FN2S/c15-13-8-4-5-9-14(13)18(17-11-16)10-12-6-2-1-3-7-12/h1-9H,10H2/t18-/m0/s1. The van der Waals surface area contributed by atoms with E-state index in [2.05, 4.69) is 4.36 Å². The van der Waals surface area contributed by atoms with Crippen LogP contribution in [0.15, 0.2) is 63.9 Å². The Morgan fingerprint density at radius 2 is 1.72 bits per heavy atom. The third kappa shape index (κ3) is 3.02. The lowest BCUT2D eigenvalue weighted by Crippen LogP contribution is -1.98. The topological polar surface area (TPSA) is 36.1 Å². The van der Waals surface area contributed by atoms with Gasteiger partial charge in [-0.05, 0) is 28.4 Å². The summed E-state index contributed by atoms with van der Waals surface area (Å²) >= 11 is 0. The van der Waals surface area contributed by atoms with E-state index in [1.807, 2.05) is 30.3 Å². The SMILES string of the molecule is N#CN=[S@@](Cc1ccccc1)c1ccccc1F. The van der Waals surface area contributed by atoms with Crippen LogP contribution in [0.4, 0.5) is 4.39 Å². The summed E-state index contributed by atoms with van der Waals surface area (Å²) in [6.07, 6.45) is 1.78. The van der Waals surface area contributed by atoms with E-state index in [9.17, 15) is 4.39 Å². The van der Waals surface area contributed by atoms with Crippen molar-refractivity contribution < 1.29 is 4.39 Å². The van der Waals surface area contributed by atoms with Crippen molar-refractivity contribution >= 4 is 10.7 Å². The maximum atomic E-state index is 13.7. The van der Waals surface area contributed by atoms with Crippen LogP contribution in [0.1, 0.15) is 5.56 Å². The summed E-state index contributed by atoms with van der Waals surface area (Å²) in [7, 11) is -0.762. The van der Waals surface area contributed by atoms with Gasteiger partial charge in [-0.25, -0.2) is 4.39 Å². The van der Waals surface area contributed by atoms with Gasteiger partial charge >= 0.3 is 0 Å². The van der Waals surface area contributed by atoms with E-state index in [0.717, 1.165) is 5.56 Å². The molecule has 0 amide bonds. The Morgan fingerprint density at radius 1 is 1.06 bits per heavy atom. The van der Waals surface area contributed by atoms with Crippen LogP contribution in [0.5, 0.6) is 0 Å². The summed E-state index contributed by atoms with van der Waals surface area (Å²) in [4.78, 5) is 0.489. The minimum atomic E-state index is -0.762. The van der Waals surface area contributed by atoms with Crippen LogP contribution in [0.3, 0.4) is 0 Å². The molecule has 0 aliphatic rings. The Kier molecular flexibility index (Phi) is 4.21. The Labute approximate surface area is 108 Å². The second kappa shape index (κ2) is 6.08. The van der Waals surface area contributed by atoms with Gasteiger partial charge in [0, 0.05) is 5.75 Å². The summed E-state index contributed by atoms with van der Waals surface area (Å²) < 4.78 is 17.5. The normalized spacial score (nSPS) is 12.0. The van der Waals surface area contributed by atoms with Gasteiger partial charge in [0.15, 0.2) is 0 Å². The van der Waals surface area contributed by atoms with Crippen molar-refractivity contribution in [2.24, 2.45) is 4.36 Å². The number of benzene rings is 2. The third-order valence-corrected chi connectivity index (χ3v) is 4.14. The molecule has 18 heavy (non-hydrogen) atoms. The van der Waals surface area contributed by atoms with E-state index in [0.29, 0.717) is 10.6 Å². The predicted octanol–water partition coefficient (Wildman–Crippen LogP) is 3.67. The zero-order valence-electron chi connectivity index (χ0n) is 9.58. The Balaban J connectivity index is 2.35. The van der Waals surface area contributed by atoms with Crippen molar-refractivity contribution in [1.29, 1.82) is 5.26 Å². The number of hydrogen-bond acceptors (Lipinski definition) is 2. The van der Waals surface area contributed by atoms with E-state index in [1.165, 1.54) is 6.07 Å². The lowest BCUT2D eigenvalue weighted by Gasteiger charge is -2.07. The van der Waals surface area contributed by atoms with Gasteiger partial charge < -0.3 is 0 Å². The van der Waals surface area contributed by atoms with Crippen molar-refractivity contribution in [2.75, 3.05) is 0 Å². The van der Waals surface area contributed by atoms with E-state index < -0.39 is 10.7 Å². The number of nitrogens with zero attached hydrogens (tertiary/aromatic N) is 2. The van der Waals surface area contributed by atoms with Gasteiger partial charge in [-0.3, -0.25) is 0 Å². The van der Waals surface area contributed by atoms with Crippen LogP contribution in [0.25, 0.3) is 0 Å². The molecule has 0 radical (unpaired) electrons. The van der Waals surface area contributed by atoms with E-state index in [1.54, 1.807) is 24.4 Å². The molecule has 0 heterocycles. The molecule has 0 aliphatic carbocycles. The molecule has 0 N–H and O–H groups in total. The molecule has 0 fully saturated rings. The van der Waals surface area contributed by atoms with Crippen LogP contribution in [-0.2, 0) is 16.4 Å². The van der Waals surface area contributed by atoms with Gasteiger partial charge in [0.05, 0.1) is 4.90 Å². The molecule has 4 heteroatoms. The first-order valence-electron chi connectivity index (χ1n) is 5.40. The van der Waals surface area contributed by atoms with E-state index in [4.69, 9.17) is 5.26 Å². The molecule has 2 aromatic carbocycles. The fourth-order valence-electron chi connectivity index (χ4n) is 1.58. The Morgan fingerprint density at radius 3 is 2.39 bits per heavy atom. The molecule has 0 aliphatic heterocycles. The van der Waals surface area contributed by atoms with E-state index >= 15 is 0 Å². The first-order valence-corrected chi connectivity index (χ1v) is 6.75. The van der Waals surface area contributed by atoms with Gasteiger partial charge in [-0.1, -0.05) is 42.5 Å². The molecule has 0 spiro atoms. The lowest BCUT2D eigenvalue weighted by atomic mass is 10.2. The highest BCUT2D eigenvalue weighted by Crippen LogP contribution is 2.17. The molecule has 1 atom stereocenters. The molecule has 90 valence electrons. The van der Waals surface area contributed by atoms with Gasteiger partial charge in [0.25, 0.3) is 0 Å². The van der Waals surface area contributed by atoms with Gasteiger partial charge in [-0.2, -0.15) is 5.26 Å². The van der Waals surface area contributed by atoms with Crippen LogP contribution < -0.4 is 0 Å². The quantitative estimate of drug-likeness (QED) is 0.774. The first-order chi connectivity index (χ1) is 8.81. The minimum Gasteiger partial charge on any atom is -0.206 e. The summed E-state index contributed by atoms with van der Waals surface area (Å²) in [5, 5.41) is 8.73. The van der Waals surface area contributed by atoms with Crippen LogP contribution in [0.2, 0.25) is 0 Å². The molecule has 2 rings (SSSR count). The van der Waals surface area contributed by atoms with Crippen LogP contribution in [0, 0.1) is 17.3 Å². The van der Waals surface area contributed by atoms with E-state index in [-0.39, 0.29) is 5.82 Å². The maximum absolute atomic E-state index is 13.7. The average Bonchev–Trinajstić information content (AvgIpc) is 2.40. The average molecular weight is 258 g/mol. The fraction of sp³-hybridized carbons (Fsp3) is 0.0714. The summed E-state index contributed by atoms with van der Waals surface area (Å²) in [5.41, 5.74) is 1.04. The summed E-state index contributed by atoms with van der Waals surface area (Å²) in [6, 6.07) is 16.1. The predicted molar refractivity (Wildman–Crippen MR) is 70.2 cm³/mol. The zero-order chi connectivity index (χ0) is 12.8. The van der Waals surface area contributed by atoms with Crippen LogP contribution in [-0.4, -0.2) is 0 Å². The number of nitriles is 1. The zero-order valence-corrected chi connectivity index (χ0v) is 10.4. The third-order valence-electron chi connectivity index (χ3n) is 2.39. The molecular formula is C14H11FN2S. The summed E-state index contributed by atoms with van der Waals surface area (Å²) in [5.74, 6) is 0.241. The van der Waals surface area contributed by atoms with Gasteiger partial charge in [0.1, 0.15) is 5.82 Å². The lowest BCUT2D eigenvalue weighted by molar-refractivity contribution is 0.601. The van der Waals surface area contributed by atoms with Crippen molar-refractivity contribution in [3.05, 3.63) is 66.0 Å². The second-order valence-electron chi connectivity index (χ2n) is 3.62. The molecule has 0 saturated heterocycles. The highest BCUT2D eigenvalue weighted by atomic mass is 32.2. The number of halogens is 1. The molecule has 0 bridgehead atoms. The molecule has 2 aromatic rings. The molecule has 0 saturated carbocycles. The largest absolute Gasteiger partial charge is 0.212 e. The smallest absolute Gasteiger partial charge is 0.206 e. The highest BCUT2D eigenvalue weighted by molar-refractivity contribution is 7.86. The van der Waals surface area contributed by atoms with Crippen molar-refractivity contribution in [1.82, 2.24) is 0 Å². The van der Waals surface area contributed by atoms with Crippen molar-refractivity contribution in [3.63, 3.8) is 0 Å². The number of hydrogen-bond donors (Lipinski definition) is 0. The Hall–Kier alpha value is -1.99. The van der Waals surface area contributed by atoms with Crippen molar-refractivity contribution in [2.45, 2.75) is 10.6 Å². The molecular weight excluding hydrogens is 247 g/mol. The van der Waals surface area contributed by atoms with Crippen LogP contribution >= 0.6 is 0 Å². The molecule has 0 aromatic heterocycles. The minimum absolute atomic E-state index is 0.309. The Bertz CT molecular complexity index is 603. The van der Waals surface area contributed by atoms with Gasteiger partial charge in [0.2, 0.25) is 6.19 Å². The van der Waals surface area contributed by atoms with Gasteiger partial charge in [-0.15, -0.1) is 4.36 Å². The molecule has 2 nitrogen and oxygen atoms in total. The summed E-state index contributed by atoms with van der Waals surface area (Å²) in [6.45, 7) is 0. The molecule has 0 unspecified atom stereocenters.